The molecule has 4 rings (SSSR count). The van der Waals surface area contributed by atoms with Gasteiger partial charge in [-0.05, 0) is 30.7 Å². The third-order valence-electron chi connectivity index (χ3n) is 4.57. The molecule has 0 saturated carbocycles. The van der Waals surface area contributed by atoms with Crippen molar-refractivity contribution in [2.75, 3.05) is 12.4 Å². The number of hydrogen-bond acceptors (Lipinski definition) is 5. The van der Waals surface area contributed by atoms with E-state index < -0.39 is 0 Å². The summed E-state index contributed by atoms with van der Waals surface area (Å²) in [6.45, 7) is 2.08. The lowest BCUT2D eigenvalue weighted by Crippen LogP contribution is -2.17. The Labute approximate surface area is 162 Å². The molecule has 140 valence electrons. The smallest absolute Gasteiger partial charge is 0.251 e. The second-order valence-electron chi connectivity index (χ2n) is 6.44. The third-order valence-corrected chi connectivity index (χ3v) is 4.57. The molecule has 0 aliphatic rings. The zero-order chi connectivity index (χ0) is 19.5. The van der Waals surface area contributed by atoms with E-state index in [1.165, 1.54) is 5.56 Å². The maximum atomic E-state index is 11.8. The summed E-state index contributed by atoms with van der Waals surface area (Å²) in [6.07, 6.45) is 5.07. The Balaban J connectivity index is 1.63. The van der Waals surface area contributed by atoms with Crippen LogP contribution in [0.25, 0.3) is 16.9 Å². The lowest BCUT2D eigenvalue weighted by Gasteiger charge is -2.15. The molecular formula is C21H20N6O. The Morgan fingerprint density at radius 3 is 2.71 bits per heavy atom. The number of nitrogens with zero attached hydrogens (tertiary/aromatic N) is 4. The molecule has 0 unspecified atom stereocenters. The van der Waals surface area contributed by atoms with E-state index in [1.807, 2.05) is 28.8 Å². The van der Waals surface area contributed by atoms with Gasteiger partial charge in [0.1, 0.15) is 12.1 Å². The first-order chi connectivity index (χ1) is 13.7. The number of carbonyl (C=O) groups excluding carboxylic acids is 1. The molecule has 1 atom stereocenters. The number of aromatic nitrogens is 4. The van der Waals surface area contributed by atoms with Crippen LogP contribution in [-0.2, 0) is 0 Å². The standard InChI is InChI=1S/C21H20N6O/c1-14(15-6-4-3-5-7-15)25-19-11-23-12-20(26-19)27-13-24-17-10-16(21(28)22-2)8-9-18(17)27/h3-14H,1-2H3,(H,22,28)(H,25,26)/t14-/m0/s1. The molecule has 7 nitrogen and oxygen atoms in total. The number of nitrogens with one attached hydrogen (secondary N) is 2. The minimum Gasteiger partial charge on any atom is -0.362 e. The summed E-state index contributed by atoms with van der Waals surface area (Å²) in [6, 6.07) is 15.7. The second-order valence-corrected chi connectivity index (χ2v) is 6.44. The first-order valence-electron chi connectivity index (χ1n) is 8.99. The van der Waals surface area contributed by atoms with E-state index in [4.69, 9.17) is 0 Å². The topological polar surface area (TPSA) is 84.7 Å². The van der Waals surface area contributed by atoms with Crippen molar-refractivity contribution in [3.63, 3.8) is 0 Å². The molecule has 0 radical (unpaired) electrons. The number of carbonyl (C=O) groups is 1. The van der Waals surface area contributed by atoms with E-state index in [0.29, 0.717) is 17.2 Å². The van der Waals surface area contributed by atoms with Crippen molar-refractivity contribution in [1.82, 2.24) is 24.8 Å². The molecular weight excluding hydrogens is 352 g/mol. The van der Waals surface area contributed by atoms with Gasteiger partial charge in [0.15, 0.2) is 5.82 Å². The Morgan fingerprint density at radius 1 is 1.11 bits per heavy atom. The zero-order valence-corrected chi connectivity index (χ0v) is 15.6. The highest BCUT2D eigenvalue weighted by molar-refractivity contribution is 5.97. The number of hydrogen-bond donors (Lipinski definition) is 2. The first kappa shape index (κ1) is 17.7. The Bertz CT molecular complexity index is 1120. The van der Waals surface area contributed by atoms with E-state index in [1.54, 1.807) is 37.9 Å². The Hall–Kier alpha value is -3.74. The Kier molecular flexibility index (Phi) is 4.72. The quantitative estimate of drug-likeness (QED) is 0.561. The molecule has 0 saturated heterocycles. The highest BCUT2D eigenvalue weighted by atomic mass is 16.1. The van der Waals surface area contributed by atoms with Crippen molar-refractivity contribution in [2.45, 2.75) is 13.0 Å². The molecule has 2 N–H and O–H groups in total. The van der Waals surface area contributed by atoms with Gasteiger partial charge in [-0.1, -0.05) is 30.3 Å². The van der Waals surface area contributed by atoms with Gasteiger partial charge in [-0.2, -0.15) is 0 Å². The number of benzene rings is 2. The van der Waals surface area contributed by atoms with Crippen LogP contribution in [0.4, 0.5) is 5.82 Å². The monoisotopic (exact) mass is 372 g/mol. The van der Waals surface area contributed by atoms with E-state index >= 15 is 0 Å². The van der Waals surface area contributed by atoms with Crippen LogP contribution in [-0.4, -0.2) is 32.5 Å². The van der Waals surface area contributed by atoms with Crippen LogP contribution in [0.2, 0.25) is 0 Å². The molecule has 4 aromatic rings. The third kappa shape index (κ3) is 3.42. The summed E-state index contributed by atoms with van der Waals surface area (Å²) in [7, 11) is 1.61. The lowest BCUT2D eigenvalue weighted by atomic mass is 10.1. The summed E-state index contributed by atoms with van der Waals surface area (Å²) in [5, 5.41) is 6.00. The van der Waals surface area contributed by atoms with Gasteiger partial charge in [-0.25, -0.2) is 9.97 Å². The molecule has 2 heterocycles. The SMILES string of the molecule is CNC(=O)c1ccc2c(c1)ncn2-c1cncc(N[C@@H](C)c2ccccc2)n1. The molecule has 0 fully saturated rings. The van der Waals surface area contributed by atoms with Gasteiger partial charge >= 0.3 is 0 Å². The van der Waals surface area contributed by atoms with Gasteiger partial charge in [0, 0.05) is 18.7 Å². The van der Waals surface area contributed by atoms with E-state index in [2.05, 4.69) is 44.6 Å². The average Bonchev–Trinajstić information content (AvgIpc) is 3.17. The van der Waals surface area contributed by atoms with Crippen molar-refractivity contribution >= 4 is 22.8 Å². The molecule has 0 bridgehead atoms. The van der Waals surface area contributed by atoms with Crippen molar-refractivity contribution in [3.8, 4) is 5.82 Å². The van der Waals surface area contributed by atoms with Crippen molar-refractivity contribution in [3.05, 3.63) is 78.4 Å². The molecule has 7 heteroatoms. The fourth-order valence-electron chi connectivity index (χ4n) is 3.07. The molecule has 0 aliphatic carbocycles. The Morgan fingerprint density at radius 2 is 1.93 bits per heavy atom. The summed E-state index contributed by atoms with van der Waals surface area (Å²) in [5.74, 6) is 1.19. The summed E-state index contributed by atoms with van der Waals surface area (Å²) in [5.41, 5.74) is 3.32. The maximum Gasteiger partial charge on any atom is 0.251 e. The molecule has 0 spiro atoms. The van der Waals surface area contributed by atoms with E-state index in [9.17, 15) is 4.79 Å². The van der Waals surface area contributed by atoms with Gasteiger partial charge in [-0.3, -0.25) is 14.3 Å². The number of rotatable bonds is 5. The predicted molar refractivity (Wildman–Crippen MR) is 109 cm³/mol. The average molecular weight is 372 g/mol. The predicted octanol–water partition coefficient (Wildman–Crippen LogP) is 3.35. The molecule has 2 aromatic carbocycles. The number of imidazole rings is 1. The van der Waals surface area contributed by atoms with E-state index in [0.717, 1.165) is 11.0 Å². The number of fused-ring (bicyclic) bond motifs is 1. The fourth-order valence-corrected chi connectivity index (χ4v) is 3.07. The zero-order valence-electron chi connectivity index (χ0n) is 15.6. The number of amides is 1. The molecule has 28 heavy (non-hydrogen) atoms. The van der Waals surface area contributed by atoms with Crippen LogP contribution in [0.15, 0.2) is 67.3 Å². The van der Waals surface area contributed by atoms with Crippen LogP contribution in [0.5, 0.6) is 0 Å². The second kappa shape index (κ2) is 7.48. The van der Waals surface area contributed by atoms with Crippen LogP contribution >= 0.6 is 0 Å². The van der Waals surface area contributed by atoms with E-state index in [-0.39, 0.29) is 11.9 Å². The van der Waals surface area contributed by atoms with Crippen LogP contribution in [0.1, 0.15) is 28.9 Å². The lowest BCUT2D eigenvalue weighted by molar-refractivity contribution is 0.0963. The van der Waals surface area contributed by atoms with Gasteiger partial charge in [0.05, 0.1) is 23.4 Å². The fraction of sp³-hybridized carbons (Fsp3) is 0.143. The highest BCUT2D eigenvalue weighted by Crippen LogP contribution is 2.21. The summed E-state index contributed by atoms with van der Waals surface area (Å²) < 4.78 is 1.86. The van der Waals surface area contributed by atoms with Crippen LogP contribution in [0, 0.1) is 0 Å². The largest absolute Gasteiger partial charge is 0.362 e. The minimum absolute atomic E-state index is 0.0976. The first-order valence-corrected chi connectivity index (χ1v) is 8.99. The minimum atomic E-state index is -0.141. The summed E-state index contributed by atoms with van der Waals surface area (Å²) in [4.78, 5) is 25.2. The summed E-state index contributed by atoms with van der Waals surface area (Å²) >= 11 is 0. The van der Waals surface area contributed by atoms with Crippen molar-refractivity contribution in [1.29, 1.82) is 0 Å². The van der Waals surface area contributed by atoms with Crippen molar-refractivity contribution in [2.24, 2.45) is 0 Å². The molecule has 1 amide bonds. The molecule has 2 aromatic heterocycles. The van der Waals surface area contributed by atoms with Crippen molar-refractivity contribution < 1.29 is 4.79 Å². The van der Waals surface area contributed by atoms with Gasteiger partial charge in [0.25, 0.3) is 5.91 Å². The maximum absolute atomic E-state index is 11.8. The number of anilines is 1. The van der Waals surface area contributed by atoms with Crippen LogP contribution in [0.3, 0.4) is 0 Å². The highest BCUT2D eigenvalue weighted by Gasteiger charge is 2.11. The normalized spacial score (nSPS) is 11.9. The van der Waals surface area contributed by atoms with Gasteiger partial charge in [-0.15, -0.1) is 0 Å². The van der Waals surface area contributed by atoms with Crippen LogP contribution < -0.4 is 10.6 Å². The molecule has 0 aliphatic heterocycles. The van der Waals surface area contributed by atoms with Gasteiger partial charge < -0.3 is 10.6 Å². The van der Waals surface area contributed by atoms with Gasteiger partial charge in [0.2, 0.25) is 0 Å².